The third-order valence-corrected chi connectivity index (χ3v) is 4.13. The number of nitrogens with two attached hydrogens (primary N) is 1. The van der Waals surface area contributed by atoms with Crippen LogP contribution in [0.4, 0.5) is 0 Å². The van der Waals surface area contributed by atoms with Crippen LogP contribution in [-0.2, 0) is 6.54 Å². The average molecular weight is 262 g/mol. The molecule has 0 fully saturated rings. The lowest BCUT2D eigenvalue weighted by atomic mass is 9.88. The standard InChI is InChI=1S/C17H30N2/c1-13-7-8-16(15(3)14(13)2)11-19(6)12-17(4,5)9-10-18/h7-8H,9-12,18H2,1-6H3. The van der Waals surface area contributed by atoms with Gasteiger partial charge in [-0.3, -0.25) is 0 Å². The smallest absolute Gasteiger partial charge is 0.0233 e. The zero-order valence-corrected chi connectivity index (χ0v) is 13.5. The number of aryl methyl sites for hydroxylation is 1. The van der Waals surface area contributed by atoms with Crippen LogP contribution in [0, 0.1) is 26.2 Å². The Labute approximate surface area is 119 Å². The van der Waals surface area contributed by atoms with Gasteiger partial charge in [-0.1, -0.05) is 26.0 Å². The first-order valence-electron chi connectivity index (χ1n) is 7.21. The summed E-state index contributed by atoms with van der Waals surface area (Å²) in [6.45, 7) is 14.1. The fraction of sp³-hybridized carbons (Fsp3) is 0.647. The number of rotatable bonds is 6. The first-order valence-corrected chi connectivity index (χ1v) is 7.21. The molecule has 1 aromatic carbocycles. The van der Waals surface area contributed by atoms with Crippen molar-refractivity contribution in [2.45, 2.75) is 47.6 Å². The molecule has 2 N–H and O–H groups in total. The Morgan fingerprint density at radius 1 is 1.11 bits per heavy atom. The highest BCUT2D eigenvalue weighted by Gasteiger charge is 2.19. The third kappa shape index (κ3) is 4.63. The van der Waals surface area contributed by atoms with Crippen LogP contribution in [0.1, 0.15) is 42.5 Å². The maximum atomic E-state index is 5.69. The fourth-order valence-electron chi connectivity index (χ4n) is 2.73. The van der Waals surface area contributed by atoms with Gasteiger partial charge < -0.3 is 10.6 Å². The molecule has 0 bridgehead atoms. The zero-order chi connectivity index (χ0) is 14.6. The second-order valence-electron chi connectivity index (χ2n) is 6.67. The molecule has 0 spiro atoms. The van der Waals surface area contributed by atoms with Crippen LogP contribution < -0.4 is 5.73 Å². The predicted molar refractivity (Wildman–Crippen MR) is 84.4 cm³/mol. The van der Waals surface area contributed by atoms with Crippen LogP contribution in [0.15, 0.2) is 12.1 Å². The number of hydrogen-bond donors (Lipinski definition) is 1. The van der Waals surface area contributed by atoms with Crippen LogP contribution in [0.25, 0.3) is 0 Å². The van der Waals surface area contributed by atoms with E-state index in [0.717, 1.165) is 26.1 Å². The van der Waals surface area contributed by atoms with Gasteiger partial charge in [0, 0.05) is 13.1 Å². The van der Waals surface area contributed by atoms with Crippen molar-refractivity contribution in [2.24, 2.45) is 11.1 Å². The normalized spacial score (nSPS) is 12.2. The van der Waals surface area contributed by atoms with Crippen molar-refractivity contribution >= 4 is 0 Å². The second-order valence-corrected chi connectivity index (χ2v) is 6.67. The topological polar surface area (TPSA) is 29.3 Å². The van der Waals surface area contributed by atoms with E-state index < -0.39 is 0 Å². The molecule has 0 aliphatic heterocycles. The maximum absolute atomic E-state index is 5.69. The highest BCUT2D eigenvalue weighted by molar-refractivity contribution is 5.38. The summed E-state index contributed by atoms with van der Waals surface area (Å²) in [6.07, 6.45) is 1.07. The molecule has 1 rings (SSSR count). The Morgan fingerprint density at radius 2 is 1.74 bits per heavy atom. The molecule has 0 heterocycles. The SMILES string of the molecule is Cc1ccc(CN(C)CC(C)(C)CCN)c(C)c1C. The fourth-order valence-corrected chi connectivity index (χ4v) is 2.73. The van der Waals surface area contributed by atoms with E-state index in [1.165, 1.54) is 22.3 Å². The molecule has 0 saturated carbocycles. The Bertz CT molecular complexity index is 422. The molecule has 0 atom stereocenters. The van der Waals surface area contributed by atoms with E-state index in [4.69, 9.17) is 5.73 Å². The molecule has 0 amide bonds. The summed E-state index contributed by atoms with van der Waals surface area (Å²) in [6, 6.07) is 4.50. The van der Waals surface area contributed by atoms with Crippen molar-refractivity contribution in [3.8, 4) is 0 Å². The van der Waals surface area contributed by atoms with Gasteiger partial charge in [0.15, 0.2) is 0 Å². The molecule has 0 aliphatic carbocycles. The zero-order valence-electron chi connectivity index (χ0n) is 13.5. The Kier molecular flexibility index (Phi) is 5.57. The van der Waals surface area contributed by atoms with Crippen molar-refractivity contribution < 1.29 is 0 Å². The van der Waals surface area contributed by atoms with Crippen molar-refractivity contribution in [1.29, 1.82) is 0 Å². The molecule has 19 heavy (non-hydrogen) atoms. The molecule has 0 unspecified atom stereocenters. The molecule has 1 aromatic rings. The minimum absolute atomic E-state index is 0.289. The molecule has 2 nitrogen and oxygen atoms in total. The van der Waals surface area contributed by atoms with Gasteiger partial charge >= 0.3 is 0 Å². The van der Waals surface area contributed by atoms with Gasteiger partial charge in [0.25, 0.3) is 0 Å². The lowest BCUT2D eigenvalue weighted by Gasteiger charge is -2.30. The van der Waals surface area contributed by atoms with Crippen molar-refractivity contribution in [3.05, 3.63) is 34.4 Å². The first kappa shape index (κ1) is 16.2. The van der Waals surface area contributed by atoms with Gasteiger partial charge in [-0.15, -0.1) is 0 Å². The van der Waals surface area contributed by atoms with Crippen LogP contribution in [0.2, 0.25) is 0 Å². The van der Waals surface area contributed by atoms with E-state index in [9.17, 15) is 0 Å². The Morgan fingerprint density at radius 3 is 2.32 bits per heavy atom. The summed E-state index contributed by atoms with van der Waals surface area (Å²) >= 11 is 0. The highest BCUT2D eigenvalue weighted by Crippen LogP contribution is 2.23. The lowest BCUT2D eigenvalue weighted by molar-refractivity contribution is 0.194. The number of hydrogen-bond acceptors (Lipinski definition) is 2. The Hall–Kier alpha value is -0.860. The monoisotopic (exact) mass is 262 g/mol. The third-order valence-electron chi connectivity index (χ3n) is 4.13. The van der Waals surface area contributed by atoms with Crippen LogP contribution in [-0.4, -0.2) is 25.0 Å². The lowest BCUT2D eigenvalue weighted by Crippen LogP contribution is -2.32. The van der Waals surface area contributed by atoms with E-state index in [2.05, 4.69) is 58.7 Å². The van der Waals surface area contributed by atoms with Gasteiger partial charge in [0.2, 0.25) is 0 Å². The van der Waals surface area contributed by atoms with Gasteiger partial charge in [-0.25, -0.2) is 0 Å². The van der Waals surface area contributed by atoms with Crippen molar-refractivity contribution in [2.75, 3.05) is 20.1 Å². The molecule has 2 heteroatoms. The van der Waals surface area contributed by atoms with E-state index in [0.29, 0.717) is 0 Å². The van der Waals surface area contributed by atoms with E-state index >= 15 is 0 Å². The largest absolute Gasteiger partial charge is 0.330 e. The van der Waals surface area contributed by atoms with Crippen LogP contribution >= 0.6 is 0 Å². The second kappa shape index (κ2) is 6.53. The molecule has 0 radical (unpaired) electrons. The number of nitrogens with zero attached hydrogens (tertiary/aromatic N) is 1. The molecule has 0 saturated heterocycles. The maximum Gasteiger partial charge on any atom is 0.0233 e. The average Bonchev–Trinajstić information content (AvgIpc) is 2.29. The van der Waals surface area contributed by atoms with Crippen LogP contribution in [0.5, 0.6) is 0 Å². The highest BCUT2D eigenvalue weighted by atomic mass is 15.1. The molecule has 108 valence electrons. The Balaban J connectivity index is 2.72. The number of benzene rings is 1. The summed E-state index contributed by atoms with van der Waals surface area (Å²) in [5, 5.41) is 0. The summed E-state index contributed by atoms with van der Waals surface area (Å²) in [7, 11) is 2.20. The van der Waals surface area contributed by atoms with Gasteiger partial charge in [0.05, 0.1) is 0 Å². The molecular weight excluding hydrogens is 232 g/mol. The van der Waals surface area contributed by atoms with Crippen molar-refractivity contribution in [3.63, 3.8) is 0 Å². The van der Waals surface area contributed by atoms with E-state index in [-0.39, 0.29) is 5.41 Å². The van der Waals surface area contributed by atoms with Gasteiger partial charge in [0.1, 0.15) is 0 Å². The van der Waals surface area contributed by atoms with E-state index in [1.54, 1.807) is 0 Å². The minimum atomic E-state index is 0.289. The summed E-state index contributed by atoms with van der Waals surface area (Å²) in [4.78, 5) is 2.41. The molecule has 0 aliphatic rings. The van der Waals surface area contributed by atoms with Gasteiger partial charge in [-0.2, -0.15) is 0 Å². The summed E-state index contributed by atoms with van der Waals surface area (Å²) in [5.74, 6) is 0. The molecular formula is C17H30N2. The first-order chi connectivity index (χ1) is 8.76. The predicted octanol–water partition coefficient (Wildman–Crippen LogP) is 3.42. The van der Waals surface area contributed by atoms with E-state index in [1.807, 2.05) is 0 Å². The summed E-state index contributed by atoms with van der Waals surface area (Å²) < 4.78 is 0. The summed E-state index contributed by atoms with van der Waals surface area (Å²) in [5.41, 5.74) is 11.7. The quantitative estimate of drug-likeness (QED) is 0.851. The minimum Gasteiger partial charge on any atom is -0.330 e. The van der Waals surface area contributed by atoms with Crippen LogP contribution in [0.3, 0.4) is 0 Å². The van der Waals surface area contributed by atoms with Gasteiger partial charge in [-0.05, 0) is 68.5 Å². The van der Waals surface area contributed by atoms with Crippen molar-refractivity contribution in [1.82, 2.24) is 4.90 Å². The molecule has 0 aromatic heterocycles.